The first-order chi connectivity index (χ1) is 12.3. The van der Waals surface area contributed by atoms with Gasteiger partial charge in [-0.05, 0) is 38.5 Å². The van der Waals surface area contributed by atoms with Crippen LogP contribution in [0.3, 0.4) is 0 Å². The predicted octanol–water partition coefficient (Wildman–Crippen LogP) is 2.15. The summed E-state index contributed by atoms with van der Waals surface area (Å²) in [6.45, 7) is 1.82. The van der Waals surface area contributed by atoms with E-state index in [1.54, 1.807) is 0 Å². The van der Waals surface area contributed by atoms with E-state index >= 15 is 0 Å². The summed E-state index contributed by atoms with van der Waals surface area (Å²) >= 11 is 0. The largest absolute Gasteiger partial charge is 0.481 e. The average molecular weight is 372 g/mol. The Bertz CT molecular complexity index is 429. The monoisotopic (exact) mass is 372 g/mol. The SMILES string of the molecule is NC(=O)CCCCC(=O)N1CCCCCC1.O=C(O)CCCCC(=O)O. The lowest BCUT2D eigenvalue weighted by atomic mass is 10.1. The van der Waals surface area contributed by atoms with E-state index in [2.05, 4.69) is 0 Å². The molecule has 1 heterocycles. The van der Waals surface area contributed by atoms with Crippen LogP contribution in [0.1, 0.15) is 77.0 Å². The lowest BCUT2D eigenvalue weighted by Gasteiger charge is -2.20. The molecule has 1 rings (SSSR count). The van der Waals surface area contributed by atoms with Gasteiger partial charge in [-0.25, -0.2) is 0 Å². The molecule has 26 heavy (non-hydrogen) atoms. The Morgan fingerprint density at radius 3 is 1.54 bits per heavy atom. The number of primary amides is 1. The Hall–Kier alpha value is -2.12. The normalized spacial score (nSPS) is 13.9. The second kappa shape index (κ2) is 15.2. The summed E-state index contributed by atoms with van der Waals surface area (Å²) in [5.74, 6) is -1.77. The fourth-order valence-electron chi connectivity index (χ4n) is 2.61. The van der Waals surface area contributed by atoms with Crippen LogP contribution in [0.2, 0.25) is 0 Å². The number of carbonyl (C=O) groups excluding carboxylic acids is 2. The topological polar surface area (TPSA) is 138 Å². The van der Waals surface area contributed by atoms with Crippen molar-refractivity contribution in [1.82, 2.24) is 4.90 Å². The molecule has 1 saturated heterocycles. The predicted molar refractivity (Wildman–Crippen MR) is 96.5 cm³/mol. The van der Waals surface area contributed by atoms with Gasteiger partial charge in [-0.1, -0.05) is 12.8 Å². The number of carboxylic acids is 2. The number of hydrogen-bond acceptors (Lipinski definition) is 4. The molecule has 0 aromatic rings. The third kappa shape index (κ3) is 15.4. The molecule has 8 nitrogen and oxygen atoms in total. The molecule has 150 valence electrons. The molecule has 0 aromatic carbocycles. The van der Waals surface area contributed by atoms with Crippen LogP contribution in [0.4, 0.5) is 0 Å². The van der Waals surface area contributed by atoms with E-state index in [0.717, 1.165) is 38.8 Å². The van der Waals surface area contributed by atoms with Crippen molar-refractivity contribution in [2.45, 2.75) is 77.0 Å². The van der Waals surface area contributed by atoms with Gasteiger partial charge in [-0.3, -0.25) is 19.2 Å². The van der Waals surface area contributed by atoms with Crippen molar-refractivity contribution in [3.8, 4) is 0 Å². The lowest BCUT2D eigenvalue weighted by Crippen LogP contribution is -2.31. The number of likely N-dealkylation sites (tertiary alicyclic amines) is 1. The van der Waals surface area contributed by atoms with E-state index in [1.165, 1.54) is 12.8 Å². The summed E-state index contributed by atoms with van der Waals surface area (Å²) in [5.41, 5.74) is 5.04. The van der Waals surface area contributed by atoms with Crippen molar-refractivity contribution >= 4 is 23.8 Å². The molecule has 4 N–H and O–H groups in total. The third-order valence-corrected chi connectivity index (χ3v) is 4.05. The van der Waals surface area contributed by atoms with Crippen LogP contribution in [0, 0.1) is 0 Å². The zero-order chi connectivity index (χ0) is 19.8. The third-order valence-electron chi connectivity index (χ3n) is 4.05. The van der Waals surface area contributed by atoms with Crippen LogP contribution in [-0.2, 0) is 19.2 Å². The molecular weight excluding hydrogens is 340 g/mol. The minimum absolute atomic E-state index is 0.0628. The smallest absolute Gasteiger partial charge is 0.303 e. The fraction of sp³-hybridized carbons (Fsp3) is 0.778. The van der Waals surface area contributed by atoms with Gasteiger partial charge in [0.1, 0.15) is 0 Å². The van der Waals surface area contributed by atoms with Gasteiger partial charge in [0.05, 0.1) is 0 Å². The van der Waals surface area contributed by atoms with Gasteiger partial charge >= 0.3 is 11.9 Å². The number of unbranched alkanes of at least 4 members (excludes halogenated alkanes) is 2. The summed E-state index contributed by atoms with van der Waals surface area (Å²) in [6, 6.07) is 0. The second-order valence-electron chi connectivity index (χ2n) is 6.46. The van der Waals surface area contributed by atoms with Crippen molar-refractivity contribution in [2.75, 3.05) is 13.1 Å². The molecule has 0 spiro atoms. The molecule has 1 aliphatic rings. The van der Waals surface area contributed by atoms with Gasteiger partial charge in [0.15, 0.2) is 0 Å². The molecule has 0 saturated carbocycles. The van der Waals surface area contributed by atoms with Gasteiger partial charge in [-0.15, -0.1) is 0 Å². The summed E-state index contributed by atoms with van der Waals surface area (Å²) in [5, 5.41) is 16.3. The number of nitrogens with two attached hydrogens (primary N) is 1. The second-order valence-corrected chi connectivity index (χ2v) is 6.46. The highest BCUT2D eigenvalue weighted by molar-refractivity contribution is 5.76. The zero-order valence-electron chi connectivity index (χ0n) is 15.5. The summed E-state index contributed by atoms with van der Waals surface area (Å²) in [7, 11) is 0. The maximum Gasteiger partial charge on any atom is 0.303 e. The molecule has 0 radical (unpaired) electrons. The first-order valence-electron chi connectivity index (χ1n) is 9.32. The standard InChI is InChI=1S/C12H22N2O2.C6H10O4/c13-11(15)7-3-4-8-12(16)14-9-5-1-2-6-10-14;7-5(8)3-1-2-4-6(9)10/h1-10H2,(H2,13,15);1-4H2,(H,7,8)(H,9,10). The molecule has 0 aliphatic carbocycles. The molecule has 2 amide bonds. The Kier molecular flexibility index (Phi) is 13.9. The first-order valence-corrected chi connectivity index (χ1v) is 9.32. The molecule has 0 bridgehead atoms. The van der Waals surface area contributed by atoms with E-state index in [0.29, 0.717) is 25.7 Å². The van der Waals surface area contributed by atoms with Crippen LogP contribution < -0.4 is 5.73 Å². The van der Waals surface area contributed by atoms with Crippen LogP contribution in [0.15, 0.2) is 0 Å². The number of carboxylic acid groups (broad SMARTS) is 2. The number of aliphatic carboxylic acids is 2. The van der Waals surface area contributed by atoms with Crippen molar-refractivity contribution in [3.63, 3.8) is 0 Å². The minimum Gasteiger partial charge on any atom is -0.481 e. The molecule has 8 heteroatoms. The quantitative estimate of drug-likeness (QED) is 0.502. The number of amides is 2. The molecular formula is C18H32N2O6. The first kappa shape index (κ1) is 23.9. The summed E-state index contributed by atoms with van der Waals surface area (Å²) in [4.78, 5) is 44.1. The molecule has 0 aromatic heterocycles. The van der Waals surface area contributed by atoms with Crippen LogP contribution in [0.5, 0.6) is 0 Å². The number of hydrogen-bond donors (Lipinski definition) is 3. The maximum atomic E-state index is 11.8. The van der Waals surface area contributed by atoms with E-state index < -0.39 is 11.9 Å². The molecule has 1 aliphatic heterocycles. The van der Waals surface area contributed by atoms with Crippen molar-refractivity contribution in [1.29, 1.82) is 0 Å². The fourth-order valence-corrected chi connectivity index (χ4v) is 2.61. The number of nitrogens with zero attached hydrogens (tertiary/aromatic N) is 1. The Labute approximate surface area is 154 Å². The minimum atomic E-state index is -0.870. The van der Waals surface area contributed by atoms with Gasteiger partial charge < -0.3 is 20.8 Å². The Morgan fingerprint density at radius 1 is 0.692 bits per heavy atom. The average Bonchev–Trinajstić information content (AvgIpc) is 2.85. The number of rotatable bonds is 10. The van der Waals surface area contributed by atoms with Crippen LogP contribution in [0.25, 0.3) is 0 Å². The van der Waals surface area contributed by atoms with Gasteiger partial charge in [0.2, 0.25) is 11.8 Å². The highest BCUT2D eigenvalue weighted by Gasteiger charge is 2.14. The van der Waals surface area contributed by atoms with Crippen molar-refractivity contribution in [2.24, 2.45) is 5.73 Å². The summed E-state index contributed by atoms with van der Waals surface area (Å²) in [6.07, 6.45) is 8.23. The highest BCUT2D eigenvalue weighted by atomic mass is 16.4. The van der Waals surface area contributed by atoms with Gasteiger partial charge in [0, 0.05) is 38.8 Å². The molecule has 0 unspecified atom stereocenters. The number of carbonyl (C=O) groups is 4. The molecule has 1 fully saturated rings. The lowest BCUT2D eigenvalue weighted by molar-refractivity contribution is -0.139. The van der Waals surface area contributed by atoms with Crippen molar-refractivity contribution < 1.29 is 29.4 Å². The Balaban J connectivity index is 0.000000541. The van der Waals surface area contributed by atoms with E-state index in [-0.39, 0.29) is 24.7 Å². The van der Waals surface area contributed by atoms with Crippen molar-refractivity contribution in [3.05, 3.63) is 0 Å². The van der Waals surface area contributed by atoms with E-state index in [1.807, 2.05) is 4.90 Å². The highest BCUT2D eigenvalue weighted by Crippen LogP contribution is 2.12. The molecule has 0 atom stereocenters. The van der Waals surface area contributed by atoms with Crippen LogP contribution >= 0.6 is 0 Å². The Morgan fingerprint density at radius 2 is 1.12 bits per heavy atom. The van der Waals surface area contributed by atoms with E-state index in [9.17, 15) is 19.2 Å². The van der Waals surface area contributed by atoms with E-state index in [4.69, 9.17) is 15.9 Å². The van der Waals surface area contributed by atoms with Gasteiger partial charge in [0.25, 0.3) is 0 Å². The van der Waals surface area contributed by atoms with Gasteiger partial charge in [-0.2, -0.15) is 0 Å². The summed E-state index contributed by atoms with van der Waals surface area (Å²) < 4.78 is 0. The zero-order valence-corrected chi connectivity index (χ0v) is 15.5. The maximum absolute atomic E-state index is 11.8. The van der Waals surface area contributed by atoms with Crippen LogP contribution in [-0.4, -0.2) is 52.0 Å².